The minimum atomic E-state index is -1.21. The average molecular weight is 298 g/mol. The van der Waals surface area contributed by atoms with E-state index in [-0.39, 0.29) is 5.92 Å². The maximum atomic E-state index is 9.44. The molecule has 120 valence electrons. The van der Waals surface area contributed by atoms with E-state index in [9.17, 15) is 15.3 Å². The molecule has 1 rings (SSSR count). The summed E-state index contributed by atoms with van der Waals surface area (Å²) in [6.45, 7) is 5.68. The Morgan fingerprint density at radius 2 is 1.67 bits per heavy atom. The standard InChI is InChI=1S/C14H26N4O3/c1-4-5-15-12-11(10(2)3)13(17-9-16-12)18-14(6-19,7-20)8-21/h9-10,19-21H,4-8H2,1-3H3,(H2,15,16,17,18). The molecule has 0 radical (unpaired) electrons. The third kappa shape index (κ3) is 4.26. The Hall–Kier alpha value is -1.44. The van der Waals surface area contributed by atoms with Crippen LogP contribution in [0, 0.1) is 0 Å². The van der Waals surface area contributed by atoms with Crippen LogP contribution in [0.3, 0.4) is 0 Å². The Morgan fingerprint density at radius 1 is 1.10 bits per heavy atom. The highest BCUT2D eigenvalue weighted by atomic mass is 16.3. The van der Waals surface area contributed by atoms with E-state index < -0.39 is 25.4 Å². The first-order chi connectivity index (χ1) is 10.0. The topological polar surface area (TPSA) is 111 Å². The molecular formula is C14H26N4O3. The Labute approximate surface area is 125 Å². The smallest absolute Gasteiger partial charge is 0.135 e. The van der Waals surface area contributed by atoms with Crippen LogP contribution >= 0.6 is 0 Å². The van der Waals surface area contributed by atoms with E-state index in [2.05, 4.69) is 27.5 Å². The first-order valence-electron chi connectivity index (χ1n) is 7.23. The molecule has 0 aliphatic heterocycles. The van der Waals surface area contributed by atoms with Gasteiger partial charge in [0.2, 0.25) is 0 Å². The van der Waals surface area contributed by atoms with Gasteiger partial charge in [-0.2, -0.15) is 0 Å². The first kappa shape index (κ1) is 17.6. The highest BCUT2D eigenvalue weighted by molar-refractivity contribution is 5.60. The largest absolute Gasteiger partial charge is 0.394 e. The normalized spacial score (nSPS) is 11.8. The van der Waals surface area contributed by atoms with E-state index >= 15 is 0 Å². The molecule has 0 saturated heterocycles. The summed E-state index contributed by atoms with van der Waals surface area (Å²) < 4.78 is 0. The van der Waals surface area contributed by atoms with Crippen molar-refractivity contribution >= 4 is 11.6 Å². The van der Waals surface area contributed by atoms with Crippen LogP contribution < -0.4 is 10.6 Å². The third-order valence-corrected chi connectivity index (χ3v) is 3.30. The fourth-order valence-corrected chi connectivity index (χ4v) is 1.95. The molecule has 21 heavy (non-hydrogen) atoms. The van der Waals surface area contributed by atoms with E-state index in [1.165, 1.54) is 6.33 Å². The van der Waals surface area contributed by atoms with Crippen molar-refractivity contribution in [3.8, 4) is 0 Å². The molecule has 1 aromatic rings. The van der Waals surface area contributed by atoms with Crippen molar-refractivity contribution in [2.24, 2.45) is 0 Å². The second-order valence-electron chi connectivity index (χ2n) is 5.45. The summed E-state index contributed by atoms with van der Waals surface area (Å²) in [6, 6.07) is 0. The van der Waals surface area contributed by atoms with Gasteiger partial charge in [0.05, 0.1) is 19.8 Å². The Balaban J connectivity index is 3.16. The van der Waals surface area contributed by atoms with Crippen molar-refractivity contribution in [3.05, 3.63) is 11.9 Å². The van der Waals surface area contributed by atoms with Crippen molar-refractivity contribution in [1.82, 2.24) is 9.97 Å². The van der Waals surface area contributed by atoms with Crippen LogP contribution in [0.15, 0.2) is 6.33 Å². The molecule has 0 aliphatic rings. The number of aromatic nitrogens is 2. The lowest BCUT2D eigenvalue weighted by molar-refractivity contribution is 0.0830. The molecule has 0 spiro atoms. The van der Waals surface area contributed by atoms with Crippen molar-refractivity contribution < 1.29 is 15.3 Å². The fraction of sp³-hybridized carbons (Fsp3) is 0.714. The van der Waals surface area contributed by atoms with Crippen molar-refractivity contribution in [2.45, 2.75) is 38.6 Å². The number of hydrogen-bond acceptors (Lipinski definition) is 7. The monoisotopic (exact) mass is 298 g/mol. The van der Waals surface area contributed by atoms with Gasteiger partial charge in [0.15, 0.2) is 0 Å². The van der Waals surface area contributed by atoms with Gasteiger partial charge < -0.3 is 26.0 Å². The predicted octanol–water partition coefficient (Wildman–Crippen LogP) is 0.549. The maximum Gasteiger partial charge on any atom is 0.135 e. The van der Waals surface area contributed by atoms with Crippen LogP contribution in [0.4, 0.5) is 11.6 Å². The lowest BCUT2D eigenvalue weighted by Crippen LogP contribution is -2.49. The van der Waals surface area contributed by atoms with Crippen LogP contribution in [-0.2, 0) is 0 Å². The molecule has 0 atom stereocenters. The van der Waals surface area contributed by atoms with E-state index in [4.69, 9.17) is 0 Å². The summed E-state index contributed by atoms with van der Waals surface area (Å²) in [5, 5.41) is 34.5. The molecule has 0 saturated carbocycles. The number of aliphatic hydroxyl groups excluding tert-OH is 3. The third-order valence-electron chi connectivity index (χ3n) is 3.30. The molecule has 7 nitrogen and oxygen atoms in total. The van der Waals surface area contributed by atoms with E-state index in [1.54, 1.807) is 0 Å². The van der Waals surface area contributed by atoms with Crippen LogP contribution in [0.5, 0.6) is 0 Å². The van der Waals surface area contributed by atoms with Gasteiger partial charge in [-0.15, -0.1) is 0 Å². The zero-order valence-corrected chi connectivity index (χ0v) is 12.9. The minimum Gasteiger partial charge on any atom is -0.394 e. The van der Waals surface area contributed by atoms with Crippen molar-refractivity contribution in [3.63, 3.8) is 0 Å². The predicted molar refractivity (Wildman–Crippen MR) is 82.5 cm³/mol. The van der Waals surface area contributed by atoms with Crippen LogP contribution in [-0.4, -0.2) is 57.2 Å². The van der Waals surface area contributed by atoms with Gasteiger partial charge in [0, 0.05) is 12.1 Å². The van der Waals surface area contributed by atoms with Gasteiger partial charge in [0.1, 0.15) is 23.5 Å². The zero-order valence-electron chi connectivity index (χ0n) is 12.9. The van der Waals surface area contributed by atoms with Gasteiger partial charge in [0.25, 0.3) is 0 Å². The second-order valence-corrected chi connectivity index (χ2v) is 5.45. The second kappa shape index (κ2) is 8.11. The van der Waals surface area contributed by atoms with Crippen LogP contribution in [0.1, 0.15) is 38.7 Å². The molecule has 0 amide bonds. The summed E-state index contributed by atoms with van der Waals surface area (Å²) in [6.07, 6.45) is 2.39. The Kier molecular flexibility index (Phi) is 6.80. The molecule has 0 fully saturated rings. The molecule has 5 N–H and O–H groups in total. The molecule has 0 unspecified atom stereocenters. The van der Waals surface area contributed by atoms with Crippen molar-refractivity contribution in [2.75, 3.05) is 37.0 Å². The molecule has 1 heterocycles. The lowest BCUT2D eigenvalue weighted by Gasteiger charge is -2.31. The Morgan fingerprint density at radius 3 is 2.14 bits per heavy atom. The summed E-state index contributed by atoms with van der Waals surface area (Å²) >= 11 is 0. The van der Waals surface area contributed by atoms with Gasteiger partial charge in [-0.3, -0.25) is 0 Å². The number of rotatable bonds is 9. The van der Waals surface area contributed by atoms with Gasteiger partial charge in [-0.25, -0.2) is 9.97 Å². The number of aliphatic hydroxyl groups is 3. The highest BCUT2D eigenvalue weighted by Crippen LogP contribution is 2.30. The number of anilines is 2. The molecule has 0 aliphatic carbocycles. The molecule has 0 bridgehead atoms. The number of hydrogen-bond donors (Lipinski definition) is 5. The summed E-state index contributed by atoms with van der Waals surface area (Å²) in [5.41, 5.74) is -0.342. The highest BCUT2D eigenvalue weighted by Gasteiger charge is 2.30. The SMILES string of the molecule is CCCNc1ncnc(NC(CO)(CO)CO)c1C(C)C. The van der Waals surface area contributed by atoms with Crippen LogP contribution in [0.25, 0.3) is 0 Å². The lowest BCUT2D eigenvalue weighted by atomic mass is 10.00. The average Bonchev–Trinajstić information content (AvgIpc) is 2.50. The van der Waals surface area contributed by atoms with Crippen LogP contribution in [0.2, 0.25) is 0 Å². The maximum absolute atomic E-state index is 9.44. The van der Waals surface area contributed by atoms with Gasteiger partial charge in [-0.05, 0) is 12.3 Å². The first-order valence-corrected chi connectivity index (χ1v) is 7.23. The molecule has 0 aromatic carbocycles. The van der Waals surface area contributed by atoms with Crippen molar-refractivity contribution in [1.29, 1.82) is 0 Å². The zero-order chi connectivity index (χ0) is 15.9. The van der Waals surface area contributed by atoms with E-state index in [1.807, 2.05) is 13.8 Å². The summed E-state index contributed by atoms with van der Waals surface area (Å²) in [4.78, 5) is 8.46. The van der Waals surface area contributed by atoms with E-state index in [0.29, 0.717) is 5.82 Å². The summed E-state index contributed by atoms with van der Waals surface area (Å²) in [7, 11) is 0. The van der Waals surface area contributed by atoms with E-state index in [0.717, 1.165) is 24.3 Å². The number of nitrogens with one attached hydrogen (secondary N) is 2. The molecule has 1 aromatic heterocycles. The number of nitrogens with zero attached hydrogens (tertiary/aromatic N) is 2. The Bertz CT molecular complexity index is 428. The molecular weight excluding hydrogens is 272 g/mol. The molecule has 7 heteroatoms. The summed E-state index contributed by atoms with van der Waals surface area (Å²) in [5.74, 6) is 1.38. The fourth-order valence-electron chi connectivity index (χ4n) is 1.95. The minimum absolute atomic E-state index is 0.141. The van der Waals surface area contributed by atoms with Gasteiger partial charge in [-0.1, -0.05) is 20.8 Å². The quantitative estimate of drug-likeness (QED) is 0.453. The van der Waals surface area contributed by atoms with Gasteiger partial charge >= 0.3 is 0 Å².